The molecule has 0 saturated carbocycles. The van der Waals surface area contributed by atoms with Crippen LogP contribution in [-0.4, -0.2) is 42.8 Å². The molecular weight excluding hydrogens is 152 g/mol. The predicted molar refractivity (Wildman–Crippen MR) is 50.1 cm³/mol. The Bertz CT molecular complexity index is 133. The standard InChI is InChI=1S/C9H20N2O/c1-4-11-6-8(5-10)12-9(2,3)7-11/h8H,4-7,10H2,1-3H3. The monoisotopic (exact) mass is 172 g/mol. The highest BCUT2D eigenvalue weighted by Gasteiger charge is 2.31. The average molecular weight is 172 g/mol. The summed E-state index contributed by atoms with van der Waals surface area (Å²) < 4.78 is 5.79. The molecule has 2 N–H and O–H groups in total. The number of hydrogen-bond acceptors (Lipinski definition) is 3. The number of ether oxygens (including phenoxy) is 1. The first-order valence-corrected chi connectivity index (χ1v) is 4.67. The lowest BCUT2D eigenvalue weighted by Crippen LogP contribution is -2.54. The molecule has 1 unspecified atom stereocenters. The summed E-state index contributed by atoms with van der Waals surface area (Å²) in [4.78, 5) is 2.39. The maximum Gasteiger partial charge on any atom is 0.0831 e. The van der Waals surface area contributed by atoms with Gasteiger partial charge in [0, 0.05) is 19.6 Å². The van der Waals surface area contributed by atoms with Gasteiger partial charge in [0.25, 0.3) is 0 Å². The summed E-state index contributed by atoms with van der Waals surface area (Å²) in [5, 5.41) is 0. The molecule has 1 heterocycles. The molecule has 1 rings (SSSR count). The summed E-state index contributed by atoms with van der Waals surface area (Å²) in [6.07, 6.45) is 0.216. The van der Waals surface area contributed by atoms with Gasteiger partial charge in [-0.1, -0.05) is 6.92 Å². The van der Waals surface area contributed by atoms with Crippen LogP contribution in [0.2, 0.25) is 0 Å². The van der Waals surface area contributed by atoms with Crippen LogP contribution < -0.4 is 5.73 Å². The lowest BCUT2D eigenvalue weighted by molar-refractivity contribution is -0.130. The first-order valence-electron chi connectivity index (χ1n) is 4.67. The second kappa shape index (κ2) is 3.73. The van der Waals surface area contributed by atoms with Crippen molar-refractivity contribution in [2.24, 2.45) is 5.73 Å². The van der Waals surface area contributed by atoms with Gasteiger partial charge in [-0.15, -0.1) is 0 Å². The Morgan fingerprint density at radius 3 is 2.75 bits per heavy atom. The van der Waals surface area contributed by atoms with Crippen molar-refractivity contribution in [1.29, 1.82) is 0 Å². The minimum Gasteiger partial charge on any atom is -0.368 e. The van der Waals surface area contributed by atoms with E-state index in [0.717, 1.165) is 19.6 Å². The third-order valence-electron chi connectivity index (χ3n) is 2.26. The van der Waals surface area contributed by atoms with Crippen LogP contribution >= 0.6 is 0 Å². The Morgan fingerprint density at radius 2 is 2.25 bits per heavy atom. The molecule has 1 aliphatic heterocycles. The van der Waals surface area contributed by atoms with Crippen molar-refractivity contribution in [3.8, 4) is 0 Å². The number of rotatable bonds is 2. The average Bonchev–Trinajstić information content (AvgIpc) is 2.01. The molecule has 3 heteroatoms. The molecule has 0 radical (unpaired) electrons. The largest absolute Gasteiger partial charge is 0.368 e. The third-order valence-corrected chi connectivity index (χ3v) is 2.26. The Balaban J connectivity index is 2.53. The summed E-state index contributed by atoms with van der Waals surface area (Å²) in [5.41, 5.74) is 5.56. The quantitative estimate of drug-likeness (QED) is 0.657. The fourth-order valence-electron chi connectivity index (χ4n) is 1.78. The van der Waals surface area contributed by atoms with Gasteiger partial charge in [-0.3, -0.25) is 4.90 Å². The lowest BCUT2D eigenvalue weighted by Gasteiger charge is -2.42. The highest BCUT2D eigenvalue weighted by molar-refractivity contribution is 4.83. The zero-order valence-corrected chi connectivity index (χ0v) is 8.34. The zero-order chi connectivity index (χ0) is 9.19. The molecule has 0 spiro atoms. The smallest absolute Gasteiger partial charge is 0.0831 e. The Morgan fingerprint density at radius 1 is 1.58 bits per heavy atom. The van der Waals surface area contributed by atoms with Gasteiger partial charge in [-0.25, -0.2) is 0 Å². The predicted octanol–water partition coefficient (Wildman–Crippen LogP) is 0.444. The van der Waals surface area contributed by atoms with E-state index in [1.54, 1.807) is 0 Å². The molecule has 0 aromatic carbocycles. The van der Waals surface area contributed by atoms with E-state index in [1.165, 1.54) is 0 Å². The lowest BCUT2D eigenvalue weighted by atomic mass is 10.1. The molecule has 0 aromatic rings. The molecule has 0 aliphatic carbocycles. The van der Waals surface area contributed by atoms with Crippen LogP contribution in [0.5, 0.6) is 0 Å². The second-order valence-corrected chi connectivity index (χ2v) is 4.06. The minimum absolute atomic E-state index is 0.0295. The molecule has 0 amide bonds. The molecular formula is C9H20N2O. The Kier molecular flexibility index (Phi) is 3.09. The van der Waals surface area contributed by atoms with Gasteiger partial charge in [-0.2, -0.15) is 0 Å². The van der Waals surface area contributed by atoms with Crippen LogP contribution in [0.1, 0.15) is 20.8 Å². The van der Waals surface area contributed by atoms with E-state index < -0.39 is 0 Å². The Hall–Kier alpha value is -0.120. The summed E-state index contributed by atoms with van der Waals surface area (Å²) in [7, 11) is 0. The highest BCUT2D eigenvalue weighted by Crippen LogP contribution is 2.19. The van der Waals surface area contributed by atoms with Crippen LogP contribution in [0.3, 0.4) is 0 Å². The van der Waals surface area contributed by atoms with E-state index >= 15 is 0 Å². The van der Waals surface area contributed by atoms with Crippen molar-refractivity contribution in [1.82, 2.24) is 4.90 Å². The van der Waals surface area contributed by atoms with Crippen LogP contribution in [0.25, 0.3) is 0 Å². The van der Waals surface area contributed by atoms with Crippen LogP contribution in [0.4, 0.5) is 0 Å². The number of morpholine rings is 1. The van der Waals surface area contributed by atoms with Crippen LogP contribution in [-0.2, 0) is 4.74 Å². The summed E-state index contributed by atoms with van der Waals surface area (Å²) >= 11 is 0. The second-order valence-electron chi connectivity index (χ2n) is 4.06. The van der Waals surface area contributed by atoms with E-state index in [4.69, 9.17) is 10.5 Å². The first-order chi connectivity index (χ1) is 5.57. The molecule has 12 heavy (non-hydrogen) atoms. The van der Waals surface area contributed by atoms with Crippen molar-refractivity contribution >= 4 is 0 Å². The molecule has 1 fully saturated rings. The third kappa shape index (κ3) is 2.44. The van der Waals surface area contributed by atoms with Crippen LogP contribution in [0.15, 0.2) is 0 Å². The van der Waals surface area contributed by atoms with Gasteiger partial charge in [0.15, 0.2) is 0 Å². The molecule has 0 bridgehead atoms. The first kappa shape index (κ1) is 9.96. The number of hydrogen-bond donors (Lipinski definition) is 1. The van der Waals surface area contributed by atoms with E-state index in [2.05, 4.69) is 25.7 Å². The van der Waals surface area contributed by atoms with Crippen molar-refractivity contribution < 1.29 is 4.74 Å². The van der Waals surface area contributed by atoms with Crippen molar-refractivity contribution in [3.05, 3.63) is 0 Å². The molecule has 1 atom stereocenters. The molecule has 1 saturated heterocycles. The van der Waals surface area contributed by atoms with E-state index in [1.807, 2.05) is 0 Å². The topological polar surface area (TPSA) is 38.5 Å². The SMILES string of the molecule is CCN1CC(CN)OC(C)(C)C1. The minimum atomic E-state index is -0.0295. The maximum atomic E-state index is 5.79. The molecule has 0 aromatic heterocycles. The van der Waals surface area contributed by atoms with Crippen LogP contribution in [0, 0.1) is 0 Å². The summed E-state index contributed by atoms with van der Waals surface area (Å²) in [6, 6.07) is 0. The van der Waals surface area contributed by atoms with Crippen molar-refractivity contribution in [2.75, 3.05) is 26.2 Å². The number of likely N-dealkylation sites (N-methyl/N-ethyl adjacent to an activating group) is 1. The molecule has 1 aliphatic rings. The van der Waals surface area contributed by atoms with Crippen molar-refractivity contribution in [3.63, 3.8) is 0 Å². The van der Waals surface area contributed by atoms with Gasteiger partial charge >= 0.3 is 0 Å². The summed E-state index contributed by atoms with van der Waals surface area (Å²) in [6.45, 7) is 10.1. The van der Waals surface area contributed by atoms with E-state index in [9.17, 15) is 0 Å². The Labute approximate surface area is 74.9 Å². The number of nitrogens with zero attached hydrogens (tertiary/aromatic N) is 1. The summed E-state index contributed by atoms with van der Waals surface area (Å²) in [5.74, 6) is 0. The van der Waals surface area contributed by atoms with Gasteiger partial charge in [0.1, 0.15) is 0 Å². The van der Waals surface area contributed by atoms with Crippen molar-refractivity contribution in [2.45, 2.75) is 32.5 Å². The van der Waals surface area contributed by atoms with E-state index in [-0.39, 0.29) is 11.7 Å². The van der Waals surface area contributed by atoms with Gasteiger partial charge in [0.05, 0.1) is 11.7 Å². The van der Waals surface area contributed by atoms with Gasteiger partial charge < -0.3 is 10.5 Å². The zero-order valence-electron chi connectivity index (χ0n) is 8.34. The fraction of sp³-hybridized carbons (Fsp3) is 1.00. The van der Waals surface area contributed by atoms with E-state index in [0.29, 0.717) is 6.54 Å². The normalized spacial score (nSPS) is 30.5. The van der Waals surface area contributed by atoms with Gasteiger partial charge in [-0.05, 0) is 20.4 Å². The van der Waals surface area contributed by atoms with Gasteiger partial charge in [0.2, 0.25) is 0 Å². The molecule has 72 valence electrons. The number of nitrogens with two attached hydrogens (primary N) is 1. The molecule has 3 nitrogen and oxygen atoms in total. The maximum absolute atomic E-state index is 5.79. The fourth-order valence-corrected chi connectivity index (χ4v) is 1.78. The highest BCUT2D eigenvalue weighted by atomic mass is 16.5.